The van der Waals surface area contributed by atoms with E-state index in [1.807, 2.05) is 0 Å². The van der Waals surface area contributed by atoms with Gasteiger partial charge in [-0.1, -0.05) is 156 Å². The Morgan fingerprint density at radius 1 is 0.338 bits per heavy atom. The Hall–Kier alpha value is 1.49. The molecule has 10 rings (SSSR count). The SMILES string of the molecule is C[Si](C)(C)C1CC2CCCCC2C2C1OP(OCCCCOP1OC3C(C4CCCCC4CC3[Si](C)(C)C)C3C4CCCCC4CC([Si](C)(C)C)C3O1)OC1C2C2CCCCC2CC1[Si](C)(C)C. The fourth-order valence-electron chi connectivity index (χ4n) is 19.1. The maximum atomic E-state index is 7.61. The molecule has 20 unspecified atom stereocenters. The van der Waals surface area contributed by atoms with Crippen molar-refractivity contribution in [3.63, 3.8) is 0 Å². The van der Waals surface area contributed by atoms with Crippen LogP contribution in [0.15, 0.2) is 0 Å². The lowest BCUT2D eigenvalue weighted by Crippen LogP contribution is -2.58. The van der Waals surface area contributed by atoms with Crippen LogP contribution in [-0.2, 0) is 27.1 Å². The zero-order valence-corrected chi connectivity index (χ0v) is 51.7. The topological polar surface area (TPSA) is 55.4 Å². The molecule has 0 aromatic rings. The summed E-state index contributed by atoms with van der Waals surface area (Å²) in [6, 6.07) is 0. The van der Waals surface area contributed by atoms with Crippen LogP contribution in [0.3, 0.4) is 0 Å². The fraction of sp³-hybridized carbons (Fsp3) is 1.00. The van der Waals surface area contributed by atoms with E-state index in [2.05, 4.69) is 78.6 Å². The van der Waals surface area contributed by atoms with Crippen molar-refractivity contribution < 1.29 is 27.1 Å². The molecule has 2 heterocycles. The van der Waals surface area contributed by atoms with Gasteiger partial charge in [0.1, 0.15) is 0 Å². The molecule has 0 spiro atoms. The van der Waals surface area contributed by atoms with Crippen molar-refractivity contribution in [1.29, 1.82) is 0 Å². The first-order valence-corrected chi connectivity index (χ1v) is 46.3. The molecule has 390 valence electrons. The lowest BCUT2D eigenvalue weighted by atomic mass is 9.53. The molecule has 6 nitrogen and oxygen atoms in total. The number of rotatable bonds is 11. The van der Waals surface area contributed by atoms with Crippen molar-refractivity contribution in [1.82, 2.24) is 0 Å². The van der Waals surface area contributed by atoms with Gasteiger partial charge in [0.15, 0.2) is 0 Å². The van der Waals surface area contributed by atoms with Crippen molar-refractivity contribution in [2.75, 3.05) is 13.2 Å². The van der Waals surface area contributed by atoms with Gasteiger partial charge in [-0.3, -0.25) is 0 Å². The Morgan fingerprint density at radius 2 is 0.559 bits per heavy atom. The third-order valence-corrected chi connectivity index (χ3v) is 35.9. The van der Waals surface area contributed by atoms with Gasteiger partial charge in [-0.05, 0) is 157 Å². The van der Waals surface area contributed by atoms with E-state index in [1.54, 1.807) is 0 Å². The molecule has 0 aromatic heterocycles. The van der Waals surface area contributed by atoms with Crippen LogP contribution in [0.25, 0.3) is 0 Å². The van der Waals surface area contributed by atoms with Gasteiger partial charge in [-0.15, -0.1) is 0 Å². The average molecular weight is 1050 g/mol. The lowest BCUT2D eigenvalue weighted by molar-refractivity contribution is -0.0866. The van der Waals surface area contributed by atoms with E-state index in [1.165, 1.54) is 128 Å². The van der Waals surface area contributed by atoms with Crippen LogP contribution < -0.4 is 0 Å². The summed E-state index contributed by atoms with van der Waals surface area (Å²) < 4.78 is 44.6. The van der Waals surface area contributed by atoms with Gasteiger partial charge < -0.3 is 27.1 Å². The van der Waals surface area contributed by atoms with Crippen molar-refractivity contribution in [2.45, 2.75) is 266 Å². The number of hydrogen-bond acceptors (Lipinski definition) is 6. The zero-order valence-electron chi connectivity index (χ0n) is 45.9. The highest BCUT2D eigenvalue weighted by molar-refractivity contribution is 7.42. The Labute approximate surface area is 424 Å². The maximum absolute atomic E-state index is 7.61. The molecular formula is C56H104O6P2Si4. The van der Waals surface area contributed by atoms with Gasteiger partial charge in [0.25, 0.3) is 0 Å². The molecular weight excluding hydrogens is 943 g/mol. The molecule has 20 atom stereocenters. The van der Waals surface area contributed by atoms with Gasteiger partial charge in [0, 0.05) is 0 Å². The van der Waals surface area contributed by atoms with E-state index in [9.17, 15) is 0 Å². The third-order valence-electron chi connectivity index (χ3n) is 22.3. The Bertz CT molecular complexity index is 1450. The Kier molecular flexibility index (Phi) is 16.4. The molecule has 10 fully saturated rings. The van der Waals surface area contributed by atoms with Crippen LogP contribution in [0.1, 0.15) is 141 Å². The van der Waals surface area contributed by atoms with Crippen LogP contribution in [0.2, 0.25) is 101 Å². The largest absolute Gasteiger partial charge is 0.333 e. The minimum absolute atomic E-state index is 0.306. The molecule has 0 bridgehead atoms. The normalized spacial score (nSPS) is 47.8. The average Bonchev–Trinajstić information content (AvgIpc) is 3.56. The third kappa shape index (κ3) is 10.8. The Balaban J connectivity index is 0.866. The van der Waals surface area contributed by atoms with E-state index in [-0.39, 0.29) is 0 Å². The predicted molar refractivity (Wildman–Crippen MR) is 297 cm³/mol. The highest BCUT2D eigenvalue weighted by atomic mass is 31.2. The predicted octanol–water partition coefficient (Wildman–Crippen LogP) is 18.0. The number of hydrogen-bond donors (Lipinski definition) is 0. The molecule has 10 aliphatic rings. The first-order chi connectivity index (χ1) is 32.3. The molecule has 12 heteroatoms. The van der Waals surface area contributed by atoms with E-state index in [0.29, 0.717) is 83.5 Å². The van der Waals surface area contributed by atoms with Crippen LogP contribution in [0.5, 0.6) is 0 Å². The van der Waals surface area contributed by atoms with E-state index in [0.717, 1.165) is 60.2 Å². The van der Waals surface area contributed by atoms with E-state index < -0.39 is 49.5 Å². The van der Waals surface area contributed by atoms with Crippen molar-refractivity contribution in [3.8, 4) is 0 Å². The molecule has 8 saturated carbocycles. The van der Waals surface area contributed by atoms with Crippen molar-refractivity contribution in [2.24, 2.45) is 71.0 Å². The second kappa shape index (κ2) is 21.1. The van der Waals surface area contributed by atoms with Crippen molar-refractivity contribution >= 4 is 49.5 Å². The van der Waals surface area contributed by atoms with Gasteiger partial charge in [0.05, 0.1) is 69.9 Å². The summed E-state index contributed by atoms with van der Waals surface area (Å²) in [6.07, 6.45) is 31.6. The van der Waals surface area contributed by atoms with Crippen LogP contribution >= 0.6 is 17.2 Å². The minimum atomic E-state index is -1.54. The summed E-state index contributed by atoms with van der Waals surface area (Å²) >= 11 is 0. The summed E-state index contributed by atoms with van der Waals surface area (Å²) in [4.78, 5) is 0. The van der Waals surface area contributed by atoms with E-state index in [4.69, 9.17) is 27.1 Å². The van der Waals surface area contributed by atoms with Crippen LogP contribution in [0, 0.1) is 71.0 Å². The molecule has 2 aliphatic heterocycles. The molecule has 2 saturated heterocycles. The Morgan fingerprint density at radius 3 is 0.779 bits per heavy atom. The van der Waals surface area contributed by atoms with Gasteiger partial charge >= 0.3 is 17.2 Å². The molecule has 0 radical (unpaired) electrons. The molecule has 0 aromatic carbocycles. The molecule has 8 aliphatic carbocycles. The fourth-order valence-corrected chi connectivity index (χ4v) is 31.5. The minimum Gasteiger partial charge on any atom is -0.312 e. The smallest absolute Gasteiger partial charge is 0.312 e. The number of unbranched alkanes of at least 4 members (excludes halogenated alkanes) is 1. The highest BCUT2D eigenvalue weighted by Gasteiger charge is 2.64. The summed E-state index contributed by atoms with van der Waals surface area (Å²) in [7, 11) is -8.98. The quantitative estimate of drug-likeness (QED) is 0.117. The van der Waals surface area contributed by atoms with Crippen LogP contribution in [0.4, 0.5) is 0 Å². The summed E-state index contributed by atoms with van der Waals surface area (Å²) in [5.74, 6) is 9.38. The number of fused-ring (bicyclic) bond motifs is 14. The molecule has 68 heavy (non-hydrogen) atoms. The van der Waals surface area contributed by atoms with Gasteiger partial charge in [0.2, 0.25) is 0 Å². The zero-order chi connectivity index (χ0) is 47.9. The molecule has 0 N–H and O–H groups in total. The van der Waals surface area contributed by atoms with Crippen LogP contribution in [-0.4, -0.2) is 69.9 Å². The summed E-state index contributed by atoms with van der Waals surface area (Å²) in [5.41, 5.74) is 2.76. The second-order valence-electron chi connectivity index (χ2n) is 30.1. The summed E-state index contributed by atoms with van der Waals surface area (Å²) in [6.45, 7) is 33.3. The highest BCUT2D eigenvalue weighted by Crippen LogP contribution is 2.69. The van der Waals surface area contributed by atoms with E-state index >= 15 is 0 Å². The first kappa shape index (κ1) is 52.9. The standard InChI is InChI=1S/C56H104O6P2Si4/c1-65(2,3)45-33-37-23-13-17-27-41(37)49-50-42-28-18-14-24-38(42)34-46(66(4,5)6)54(50)60-63(59-53(45)49)57-31-21-22-32-58-64-61-55-47(67(7,8)9)35-39-25-15-19-29-43(39)51(55)52-44-30-20-16-26-40(44)36-48(56(52)62-64)68(10,11)12/h37-56H,13-36H2,1-12H3. The second-order valence-corrected chi connectivity index (χ2v) is 54.2. The van der Waals surface area contributed by atoms with Gasteiger partial charge in [-0.25, -0.2) is 0 Å². The monoisotopic (exact) mass is 1050 g/mol. The molecule has 0 amide bonds. The first-order valence-electron chi connectivity index (χ1n) is 29.8. The summed E-state index contributed by atoms with van der Waals surface area (Å²) in [5, 5.41) is 0. The maximum Gasteiger partial charge on any atom is 0.333 e. The van der Waals surface area contributed by atoms with Gasteiger partial charge in [-0.2, -0.15) is 0 Å². The van der Waals surface area contributed by atoms with Crippen molar-refractivity contribution in [3.05, 3.63) is 0 Å². The lowest BCUT2D eigenvalue weighted by Gasteiger charge is -2.59.